The lowest BCUT2D eigenvalue weighted by molar-refractivity contribution is 0.0524. The summed E-state index contributed by atoms with van der Waals surface area (Å²) < 4.78 is 20.3. The Balaban J connectivity index is 2.39. The first kappa shape index (κ1) is 16.9. The van der Waals surface area contributed by atoms with Gasteiger partial charge in [0.1, 0.15) is 17.2 Å². The minimum atomic E-state index is -0.771. The molecule has 128 valence electrons. The van der Waals surface area contributed by atoms with Crippen LogP contribution in [0.25, 0.3) is 16.6 Å². The predicted molar refractivity (Wildman–Crippen MR) is 92.7 cm³/mol. The SMILES string of the molecule is CCOC(=O)c1cn(-c2ccc(N)nc2)c2cc(F)c(Cl)cc2c1=O. The number of esters is 1. The number of carbonyl (C=O) groups excluding carboxylic acids is 1. The number of anilines is 1. The van der Waals surface area contributed by atoms with Crippen molar-refractivity contribution >= 4 is 34.3 Å². The summed E-state index contributed by atoms with van der Waals surface area (Å²) >= 11 is 5.80. The van der Waals surface area contributed by atoms with E-state index in [4.69, 9.17) is 22.1 Å². The minimum Gasteiger partial charge on any atom is -0.462 e. The lowest BCUT2D eigenvalue weighted by atomic mass is 10.1. The van der Waals surface area contributed by atoms with Crippen molar-refractivity contribution in [2.45, 2.75) is 6.92 Å². The monoisotopic (exact) mass is 361 g/mol. The highest BCUT2D eigenvalue weighted by atomic mass is 35.5. The first-order valence-corrected chi connectivity index (χ1v) is 7.73. The Hall–Kier alpha value is -2.93. The number of hydrogen-bond donors (Lipinski definition) is 1. The van der Waals surface area contributed by atoms with Gasteiger partial charge in [-0.25, -0.2) is 14.2 Å². The van der Waals surface area contributed by atoms with E-state index in [-0.39, 0.29) is 28.1 Å². The molecule has 2 aromatic heterocycles. The van der Waals surface area contributed by atoms with Crippen molar-refractivity contribution in [3.63, 3.8) is 0 Å². The number of hydrogen-bond acceptors (Lipinski definition) is 5. The van der Waals surface area contributed by atoms with Gasteiger partial charge in [0.2, 0.25) is 5.43 Å². The van der Waals surface area contributed by atoms with Crippen molar-refractivity contribution in [1.29, 1.82) is 0 Å². The van der Waals surface area contributed by atoms with Crippen LogP contribution in [-0.4, -0.2) is 22.1 Å². The van der Waals surface area contributed by atoms with E-state index in [0.29, 0.717) is 11.5 Å². The van der Waals surface area contributed by atoms with E-state index in [9.17, 15) is 14.0 Å². The second kappa shape index (κ2) is 6.52. The van der Waals surface area contributed by atoms with E-state index in [0.717, 1.165) is 6.07 Å². The number of nitrogen functional groups attached to an aromatic ring is 1. The van der Waals surface area contributed by atoms with Gasteiger partial charge in [0, 0.05) is 17.6 Å². The van der Waals surface area contributed by atoms with Gasteiger partial charge in [0.25, 0.3) is 0 Å². The number of carbonyl (C=O) groups is 1. The number of pyridine rings is 2. The summed E-state index contributed by atoms with van der Waals surface area (Å²) in [6.45, 7) is 1.75. The Labute approximate surface area is 146 Å². The zero-order valence-electron chi connectivity index (χ0n) is 13.1. The van der Waals surface area contributed by atoms with Gasteiger partial charge in [-0.15, -0.1) is 0 Å². The van der Waals surface area contributed by atoms with Crippen LogP contribution in [0.5, 0.6) is 0 Å². The average Bonchev–Trinajstić information content (AvgIpc) is 2.58. The Morgan fingerprint density at radius 3 is 2.80 bits per heavy atom. The highest BCUT2D eigenvalue weighted by Gasteiger charge is 2.19. The maximum absolute atomic E-state index is 13.9. The third kappa shape index (κ3) is 3.06. The molecule has 6 nitrogen and oxygen atoms in total. The maximum Gasteiger partial charge on any atom is 0.343 e. The summed E-state index contributed by atoms with van der Waals surface area (Å²) in [5.74, 6) is -1.16. The molecule has 3 rings (SSSR count). The van der Waals surface area contributed by atoms with Gasteiger partial charge in [0.15, 0.2) is 0 Å². The second-order valence-electron chi connectivity index (χ2n) is 5.19. The molecule has 0 saturated heterocycles. The van der Waals surface area contributed by atoms with Crippen LogP contribution < -0.4 is 11.2 Å². The number of nitrogens with zero attached hydrogens (tertiary/aromatic N) is 2. The maximum atomic E-state index is 13.9. The molecule has 0 aliphatic carbocycles. The van der Waals surface area contributed by atoms with Gasteiger partial charge >= 0.3 is 5.97 Å². The van der Waals surface area contributed by atoms with Crippen LogP contribution in [-0.2, 0) is 4.74 Å². The van der Waals surface area contributed by atoms with Crippen LogP contribution in [0.15, 0.2) is 41.5 Å². The molecule has 3 aromatic rings. The fourth-order valence-electron chi connectivity index (χ4n) is 2.43. The van der Waals surface area contributed by atoms with E-state index in [1.54, 1.807) is 19.1 Å². The van der Waals surface area contributed by atoms with Gasteiger partial charge in [0.05, 0.1) is 29.0 Å². The molecule has 0 atom stereocenters. The molecular weight excluding hydrogens is 349 g/mol. The molecule has 0 fully saturated rings. The van der Waals surface area contributed by atoms with Gasteiger partial charge in [-0.1, -0.05) is 11.6 Å². The molecule has 0 unspecified atom stereocenters. The number of rotatable bonds is 3. The molecule has 0 aliphatic rings. The van der Waals surface area contributed by atoms with Gasteiger partial charge in [-0.05, 0) is 25.1 Å². The number of benzene rings is 1. The Kier molecular flexibility index (Phi) is 4.41. The summed E-state index contributed by atoms with van der Waals surface area (Å²) in [6.07, 6.45) is 2.74. The zero-order chi connectivity index (χ0) is 18.1. The first-order chi connectivity index (χ1) is 11.9. The predicted octanol–water partition coefficient (Wildman–Crippen LogP) is 2.94. The summed E-state index contributed by atoms with van der Waals surface area (Å²) in [7, 11) is 0. The quantitative estimate of drug-likeness (QED) is 0.725. The fourth-order valence-corrected chi connectivity index (χ4v) is 2.59. The third-order valence-electron chi connectivity index (χ3n) is 3.59. The lowest BCUT2D eigenvalue weighted by Gasteiger charge is -2.13. The van der Waals surface area contributed by atoms with Gasteiger partial charge in [-0.2, -0.15) is 0 Å². The van der Waals surface area contributed by atoms with Crippen LogP contribution in [0.4, 0.5) is 10.2 Å². The topological polar surface area (TPSA) is 87.2 Å². The number of fused-ring (bicyclic) bond motifs is 1. The minimum absolute atomic E-state index is 0.0915. The molecular formula is C17H13ClFN3O3. The normalized spacial score (nSPS) is 10.8. The third-order valence-corrected chi connectivity index (χ3v) is 3.88. The second-order valence-corrected chi connectivity index (χ2v) is 5.59. The number of halogens is 2. The van der Waals surface area contributed by atoms with Crippen LogP contribution in [0.3, 0.4) is 0 Å². The lowest BCUT2D eigenvalue weighted by Crippen LogP contribution is -2.20. The summed E-state index contributed by atoms with van der Waals surface area (Å²) in [5.41, 5.74) is 5.54. The van der Waals surface area contributed by atoms with Crippen molar-refractivity contribution < 1.29 is 13.9 Å². The molecule has 0 bridgehead atoms. The number of aromatic nitrogens is 2. The van der Waals surface area contributed by atoms with E-state index in [1.807, 2.05) is 0 Å². The van der Waals surface area contributed by atoms with E-state index >= 15 is 0 Å². The highest BCUT2D eigenvalue weighted by Crippen LogP contribution is 2.24. The fraction of sp³-hybridized carbons (Fsp3) is 0.118. The molecule has 8 heteroatoms. The first-order valence-electron chi connectivity index (χ1n) is 7.35. The highest BCUT2D eigenvalue weighted by molar-refractivity contribution is 6.31. The summed E-state index contributed by atoms with van der Waals surface area (Å²) in [4.78, 5) is 28.7. The van der Waals surface area contributed by atoms with E-state index < -0.39 is 17.2 Å². The summed E-state index contributed by atoms with van der Waals surface area (Å²) in [5, 5.41) is -0.124. The molecule has 0 amide bonds. The van der Waals surface area contributed by atoms with Crippen molar-refractivity contribution in [3.8, 4) is 5.69 Å². The van der Waals surface area contributed by atoms with Crippen molar-refractivity contribution in [2.75, 3.05) is 12.3 Å². The average molecular weight is 362 g/mol. The largest absolute Gasteiger partial charge is 0.462 e. The molecule has 0 saturated carbocycles. The Morgan fingerprint density at radius 1 is 1.40 bits per heavy atom. The smallest absolute Gasteiger partial charge is 0.343 e. The van der Waals surface area contributed by atoms with Crippen molar-refractivity contribution in [3.05, 3.63) is 63.3 Å². The summed E-state index contributed by atoms with van der Waals surface area (Å²) in [6, 6.07) is 5.51. The molecule has 2 N–H and O–H groups in total. The molecule has 2 heterocycles. The van der Waals surface area contributed by atoms with Crippen LogP contribution >= 0.6 is 11.6 Å². The Morgan fingerprint density at radius 2 is 2.16 bits per heavy atom. The Bertz CT molecular complexity index is 1030. The van der Waals surface area contributed by atoms with Crippen LogP contribution in [0.2, 0.25) is 5.02 Å². The van der Waals surface area contributed by atoms with E-state index in [2.05, 4.69) is 4.98 Å². The molecule has 1 aromatic carbocycles. The number of ether oxygens (including phenoxy) is 1. The molecule has 0 spiro atoms. The van der Waals surface area contributed by atoms with E-state index in [1.165, 1.54) is 23.0 Å². The molecule has 0 radical (unpaired) electrons. The van der Waals surface area contributed by atoms with Gasteiger partial charge in [-0.3, -0.25) is 4.79 Å². The number of nitrogens with two attached hydrogens (primary N) is 1. The van der Waals surface area contributed by atoms with Crippen LogP contribution in [0.1, 0.15) is 17.3 Å². The van der Waals surface area contributed by atoms with Crippen LogP contribution in [0, 0.1) is 5.82 Å². The zero-order valence-corrected chi connectivity index (χ0v) is 13.9. The van der Waals surface area contributed by atoms with Crippen molar-refractivity contribution in [1.82, 2.24) is 9.55 Å². The van der Waals surface area contributed by atoms with Gasteiger partial charge < -0.3 is 15.0 Å². The van der Waals surface area contributed by atoms with Crippen molar-refractivity contribution in [2.24, 2.45) is 0 Å². The standard InChI is InChI=1S/C17H13ClFN3O3/c1-2-25-17(24)11-8-22(9-3-4-15(20)21-7-9)14-6-13(19)12(18)5-10(14)16(11)23/h3-8H,2H2,1H3,(H2,20,21). The molecule has 0 aliphatic heterocycles. The molecule has 25 heavy (non-hydrogen) atoms.